The molecule has 2 heterocycles. The van der Waals surface area contributed by atoms with Crippen LogP contribution in [0.2, 0.25) is 0 Å². The van der Waals surface area contributed by atoms with Crippen LogP contribution in [0.1, 0.15) is 26.7 Å². The predicted molar refractivity (Wildman–Crippen MR) is 102 cm³/mol. The minimum Gasteiger partial charge on any atom is -0.486 e. The second-order valence-electron chi connectivity index (χ2n) is 6.03. The maximum atomic E-state index is 5.80. The number of aryl methyl sites for hydroxylation is 2. The van der Waals surface area contributed by atoms with Gasteiger partial charge in [0.15, 0.2) is 0 Å². The van der Waals surface area contributed by atoms with Crippen LogP contribution in [-0.4, -0.2) is 16.9 Å². The van der Waals surface area contributed by atoms with Crippen molar-refractivity contribution in [3.05, 3.63) is 67.8 Å². The molecule has 0 N–H and O–H groups in total. The number of hydrogen-bond donors (Lipinski definition) is 0. The maximum Gasteiger partial charge on any atom is 0.140 e. The molecule has 0 aliphatic rings. The third-order valence-electron chi connectivity index (χ3n) is 3.80. The summed E-state index contributed by atoms with van der Waals surface area (Å²) >= 11 is 3.49. The fraction of sp³-hybridized carbons (Fsp3) is 0.316. The van der Waals surface area contributed by atoms with E-state index in [1.807, 2.05) is 23.5 Å². The average Bonchev–Trinajstić information content (AvgIpc) is 3.16. The van der Waals surface area contributed by atoms with Crippen molar-refractivity contribution < 1.29 is 4.74 Å². The Balaban J connectivity index is 1.51. The molecule has 0 aliphatic carbocycles. The lowest BCUT2D eigenvalue weighted by atomic mass is 10.2. The molecule has 5 heteroatoms. The third-order valence-corrected chi connectivity index (χ3v) is 5.68. The molecule has 1 aromatic carbocycles. The van der Waals surface area contributed by atoms with Gasteiger partial charge in [0, 0.05) is 23.3 Å². The molecule has 24 heavy (non-hydrogen) atoms. The molecule has 0 saturated heterocycles. The van der Waals surface area contributed by atoms with E-state index in [-0.39, 0.29) is 0 Å². The average molecular weight is 359 g/mol. The number of hydrogen-bond acceptors (Lipinski definition) is 5. The number of aromatic nitrogens is 1. The lowest BCUT2D eigenvalue weighted by Crippen LogP contribution is -2.17. The van der Waals surface area contributed by atoms with E-state index in [4.69, 9.17) is 4.74 Å². The summed E-state index contributed by atoms with van der Waals surface area (Å²) in [5.74, 6) is 0.891. The minimum atomic E-state index is 0.529. The second kappa shape index (κ2) is 7.92. The van der Waals surface area contributed by atoms with Crippen LogP contribution in [0.25, 0.3) is 0 Å². The van der Waals surface area contributed by atoms with Crippen LogP contribution in [0.3, 0.4) is 0 Å². The van der Waals surface area contributed by atoms with Gasteiger partial charge >= 0.3 is 0 Å². The quantitative estimate of drug-likeness (QED) is 0.592. The first-order chi connectivity index (χ1) is 11.6. The van der Waals surface area contributed by atoms with E-state index in [1.165, 1.54) is 16.0 Å². The fourth-order valence-electron chi connectivity index (χ4n) is 2.41. The van der Waals surface area contributed by atoms with Gasteiger partial charge in [0.25, 0.3) is 0 Å². The molecular weight excluding hydrogens is 336 g/mol. The van der Waals surface area contributed by atoms with E-state index >= 15 is 0 Å². The maximum absolute atomic E-state index is 5.80. The monoisotopic (exact) mass is 358 g/mol. The van der Waals surface area contributed by atoms with Crippen molar-refractivity contribution in [1.82, 2.24) is 9.88 Å². The zero-order valence-corrected chi connectivity index (χ0v) is 15.9. The van der Waals surface area contributed by atoms with Crippen LogP contribution in [0, 0.1) is 13.8 Å². The van der Waals surface area contributed by atoms with E-state index in [1.54, 1.807) is 11.3 Å². The number of nitrogens with zero attached hydrogens (tertiary/aromatic N) is 2. The van der Waals surface area contributed by atoms with E-state index in [9.17, 15) is 0 Å². The molecule has 3 nitrogen and oxygen atoms in total. The first-order valence-corrected chi connectivity index (χ1v) is 9.70. The van der Waals surface area contributed by atoms with Crippen molar-refractivity contribution >= 4 is 22.7 Å². The molecule has 0 bridgehead atoms. The predicted octanol–water partition coefficient (Wildman–Crippen LogP) is 5.03. The van der Waals surface area contributed by atoms with Gasteiger partial charge in [0.1, 0.15) is 17.4 Å². The first-order valence-electron chi connectivity index (χ1n) is 7.94. The summed E-state index contributed by atoms with van der Waals surface area (Å²) in [6.45, 7) is 6.60. The van der Waals surface area contributed by atoms with Gasteiger partial charge in [-0.25, -0.2) is 4.98 Å². The Hall–Kier alpha value is -1.69. The van der Waals surface area contributed by atoms with Gasteiger partial charge < -0.3 is 4.74 Å². The summed E-state index contributed by atoms with van der Waals surface area (Å²) < 4.78 is 5.80. The van der Waals surface area contributed by atoms with Gasteiger partial charge in [-0.3, -0.25) is 4.90 Å². The molecular formula is C19H22N2OS2. The second-order valence-corrected chi connectivity index (χ2v) is 7.98. The Labute approximate surface area is 151 Å². The summed E-state index contributed by atoms with van der Waals surface area (Å²) in [6.07, 6.45) is 0. The Morgan fingerprint density at radius 1 is 1.04 bits per heavy atom. The highest BCUT2D eigenvalue weighted by atomic mass is 32.1. The Morgan fingerprint density at radius 2 is 1.83 bits per heavy atom. The minimum absolute atomic E-state index is 0.529. The van der Waals surface area contributed by atoms with Crippen molar-refractivity contribution in [2.24, 2.45) is 0 Å². The number of ether oxygens (including phenoxy) is 1. The topological polar surface area (TPSA) is 25.4 Å². The summed E-state index contributed by atoms with van der Waals surface area (Å²) in [6, 6.07) is 10.3. The van der Waals surface area contributed by atoms with E-state index in [0.717, 1.165) is 29.5 Å². The van der Waals surface area contributed by atoms with Gasteiger partial charge in [-0.1, -0.05) is 17.7 Å². The Kier molecular flexibility index (Phi) is 5.66. The standard InChI is InChI=1S/C19H22N2OS2/c1-14-4-6-17(7-5-14)22-12-19-20-16(13-24-19)10-21(3)11-18-15(2)8-9-23-18/h4-9,13H,10-12H2,1-3H3. The number of rotatable bonds is 7. The molecule has 126 valence electrons. The molecule has 0 fully saturated rings. The van der Waals surface area contributed by atoms with Crippen molar-refractivity contribution in [2.45, 2.75) is 33.5 Å². The van der Waals surface area contributed by atoms with Crippen LogP contribution in [-0.2, 0) is 19.7 Å². The van der Waals surface area contributed by atoms with Gasteiger partial charge in [0.05, 0.1) is 5.69 Å². The van der Waals surface area contributed by atoms with Crippen LogP contribution in [0.5, 0.6) is 5.75 Å². The largest absolute Gasteiger partial charge is 0.486 e. The first kappa shape index (κ1) is 17.1. The highest BCUT2D eigenvalue weighted by molar-refractivity contribution is 7.10. The van der Waals surface area contributed by atoms with Gasteiger partial charge in [-0.2, -0.15) is 0 Å². The van der Waals surface area contributed by atoms with Crippen LogP contribution in [0.15, 0.2) is 41.1 Å². The Bertz CT molecular complexity index is 777. The van der Waals surface area contributed by atoms with Crippen LogP contribution in [0.4, 0.5) is 0 Å². The van der Waals surface area contributed by atoms with Crippen molar-refractivity contribution in [2.75, 3.05) is 7.05 Å². The van der Waals surface area contributed by atoms with Crippen molar-refractivity contribution in [1.29, 1.82) is 0 Å². The van der Waals surface area contributed by atoms with E-state index in [2.05, 4.69) is 59.7 Å². The van der Waals surface area contributed by atoms with E-state index in [0.29, 0.717) is 6.61 Å². The zero-order chi connectivity index (χ0) is 16.9. The molecule has 3 aromatic rings. The molecule has 0 amide bonds. The highest BCUT2D eigenvalue weighted by Gasteiger charge is 2.09. The van der Waals surface area contributed by atoms with Gasteiger partial charge in [-0.15, -0.1) is 22.7 Å². The lowest BCUT2D eigenvalue weighted by molar-refractivity contribution is 0.301. The number of thiazole rings is 1. The van der Waals surface area contributed by atoms with Gasteiger partial charge in [-0.05, 0) is 50.0 Å². The van der Waals surface area contributed by atoms with Crippen LogP contribution >= 0.6 is 22.7 Å². The van der Waals surface area contributed by atoms with Crippen molar-refractivity contribution in [3.8, 4) is 5.75 Å². The third kappa shape index (κ3) is 4.66. The molecule has 3 rings (SSSR count). The summed E-state index contributed by atoms with van der Waals surface area (Å²) in [5, 5.41) is 5.30. The molecule has 0 spiro atoms. The summed E-state index contributed by atoms with van der Waals surface area (Å²) in [5.41, 5.74) is 3.72. The Morgan fingerprint density at radius 3 is 2.54 bits per heavy atom. The molecule has 0 unspecified atom stereocenters. The molecule has 0 saturated carbocycles. The molecule has 0 atom stereocenters. The van der Waals surface area contributed by atoms with Crippen molar-refractivity contribution in [3.63, 3.8) is 0 Å². The fourth-order valence-corrected chi connectivity index (χ4v) is 4.09. The number of benzene rings is 1. The summed E-state index contributed by atoms with van der Waals surface area (Å²) in [4.78, 5) is 8.42. The normalized spacial score (nSPS) is 11.2. The molecule has 2 aromatic heterocycles. The smallest absolute Gasteiger partial charge is 0.140 e. The number of thiophene rings is 1. The lowest BCUT2D eigenvalue weighted by Gasteiger charge is -2.14. The summed E-state index contributed by atoms with van der Waals surface area (Å²) in [7, 11) is 2.14. The van der Waals surface area contributed by atoms with Gasteiger partial charge in [0.2, 0.25) is 0 Å². The highest BCUT2D eigenvalue weighted by Crippen LogP contribution is 2.20. The molecule has 0 radical (unpaired) electrons. The SMILES string of the molecule is Cc1ccc(OCc2nc(CN(C)Cc3sccc3C)cs2)cc1. The molecule has 0 aliphatic heterocycles. The van der Waals surface area contributed by atoms with Crippen LogP contribution < -0.4 is 4.74 Å². The van der Waals surface area contributed by atoms with E-state index < -0.39 is 0 Å². The zero-order valence-electron chi connectivity index (χ0n) is 14.3.